The van der Waals surface area contributed by atoms with E-state index in [1.54, 1.807) is 6.92 Å². The Kier molecular flexibility index (Phi) is 4.39. The topological polar surface area (TPSA) is 74.2 Å². The molecule has 5 nitrogen and oxygen atoms in total. The Morgan fingerprint density at radius 1 is 1.04 bits per heavy atom. The van der Waals surface area contributed by atoms with E-state index in [9.17, 15) is 4.79 Å². The fourth-order valence-electron chi connectivity index (χ4n) is 2.59. The van der Waals surface area contributed by atoms with Gasteiger partial charge in [-0.3, -0.25) is 4.79 Å². The van der Waals surface area contributed by atoms with Crippen LogP contribution in [0.5, 0.6) is 0 Å². The average Bonchev–Trinajstić information content (AvgIpc) is 2.57. The van der Waals surface area contributed by atoms with Gasteiger partial charge in [-0.25, -0.2) is 4.98 Å². The van der Waals surface area contributed by atoms with E-state index < -0.39 is 12.0 Å². The highest BCUT2D eigenvalue weighted by Crippen LogP contribution is 2.30. The van der Waals surface area contributed by atoms with Crippen molar-refractivity contribution < 1.29 is 9.90 Å². The van der Waals surface area contributed by atoms with Gasteiger partial charge in [0.15, 0.2) is 0 Å². The molecule has 0 saturated heterocycles. The smallest absolute Gasteiger partial charge is 0.320 e. The molecule has 3 aromatic rings. The molecule has 5 heteroatoms. The summed E-state index contributed by atoms with van der Waals surface area (Å²) in [6, 6.07) is 15.5. The molecule has 2 aromatic carbocycles. The molecule has 0 radical (unpaired) electrons. The zero-order valence-electron chi connectivity index (χ0n) is 12.9. The van der Waals surface area contributed by atoms with E-state index in [2.05, 4.69) is 15.6 Å². The summed E-state index contributed by atoms with van der Waals surface area (Å²) in [7, 11) is 0. The van der Waals surface area contributed by atoms with Crippen LogP contribution in [0.1, 0.15) is 6.92 Å². The zero-order chi connectivity index (χ0) is 16.2. The van der Waals surface area contributed by atoms with E-state index in [0.717, 1.165) is 27.5 Å². The molecule has 3 N–H and O–H groups in total. The van der Waals surface area contributed by atoms with Gasteiger partial charge in [-0.15, -0.1) is 0 Å². The number of aliphatic carboxylic acids is 1. The number of aromatic nitrogens is 1. The SMILES string of the molecule is CC(NCCNc1c2ccccc2nc2ccccc12)C(=O)O. The number of nitrogens with one attached hydrogen (secondary N) is 2. The van der Waals surface area contributed by atoms with Gasteiger partial charge in [0.05, 0.1) is 16.7 Å². The Balaban J connectivity index is 1.87. The van der Waals surface area contributed by atoms with E-state index in [4.69, 9.17) is 5.11 Å². The van der Waals surface area contributed by atoms with Gasteiger partial charge >= 0.3 is 5.97 Å². The molecule has 0 saturated carbocycles. The Morgan fingerprint density at radius 3 is 2.17 bits per heavy atom. The number of fused-ring (bicyclic) bond motifs is 2. The highest BCUT2D eigenvalue weighted by atomic mass is 16.4. The minimum Gasteiger partial charge on any atom is -0.480 e. The maximum absolute atomic E-state index is 10.8. The predicted molar refractivity (Wildman–Crippen MR) is 92.8 cm³/mol. The number of pyridine rings is 1. The minimum atomic E-state index is -0.843. The number of benzene rings is 2. The molecule has 0 fully saturated rings. The van der Waals surface area contributed by atoms with E-state index in [0.29, 0.717) is 13.1 Å². The molecule has 1 aromatic heterocycles. The molecule has 0 spiro atoms. The molecule has 0 aliphatic rings. The summed E-state index contributed by atoms with van der Waals surface area (Å²) < 4.78 is 0. The third kappa shape index (κ3) is 3.24. The fourth-order valence-corrected chi connectivity index (χ4v) is 2.59. The second kappa shape index (κ2) is 6.62. The molecule has 0 bridgehead atoms. The van der Waals surface area contributed by atoms with Crippen molar-refractivity contribution in [3.05, 3.63) is 48.5 Å². The van der Waals surface area contributed by atoms with Crippen LogP contribution in [0.15, 0.2) is 48.5 Å². The molecule has 1 heterocycles. The lowest BCUT2D eigenvalue weighted by Crippen LogP contribution is -2.36. The Morgan fingerprint density at radius 2 is 1.61 bits per heavy atom. The fraction of sp³-hybridized carbons (Fsp3) is 0.222. The molecule has 1 unspecified atom stereocenters. The monoisotopic (exact) mass is 309 g/mol. The van der Waals surface area contributed by atoms with E-state index in [-0.39, 0.29) is 0 Å². The van der Waals surface area contributed by atoms with E-state index in [1.165, 1.54) is 0 Å². The zero-order valence-corrected chi connectivity index (χ0v) is 12.9. The summed E-state index contributed by atoms with van der Waals surface area (Å²) >= 11 is 0. The molecule has 0 aliphatic heterocycles. The first-order valence-electron chi connectivity index (χ1n) is 7.64. The number of anilines is 1. The molecule has 0 amide bonds. The van der Waals surface area contributed by atoms with Crippen molar-refractivity contribution in [2.75, 3.05) is 18.4 Å². The molecule has 23 heavy (non-hydrogen) atoms. The molecular weight excluding hydrogens is 290 g/mol. The van der Waals surface area contributed by atoms with Gasteiger partial charge in [0.25, 0.3) is 0 Å². The van der Waals surface area contributed by atoms with Crippen LogP contribution in [0.25, 0.3) is 21.8 Å². The lowest BCUT2D eigenvalue weighted by atomic mass is 10.1. The van der Waals surface area contributed by atoms with Crippen molar-refractivity contribution in [1.82, 2.24) is 10.3 Å². The highest BCUT2D eigenvalue weighted by molar-refractivity contribution is 6.07. The van der Waals surface area contributed by atoms with E-state index >= 15 is 0 Å². The standard InChI is InChI=1S/C18H19N3O2/c1-12(18(22)23)19-10-11-20-17-13-6-2-4-8-15(13)21-16-9-5-3-7-14(16)17/h2-9,12,19H,10-11H2,1H3,(H,20,21)(H,22,23). The third-order valence-electron chi connectivity index (χ3n) is 3.84. The van der Waals surface area contributed by atoms with Crippen molar-refractivity contribution in [2.24, 2.45) is 0 Å². The number of para-hydroxylation sites is 2. The first kappa shape index (κ1) is 15.2. The minimum absolute atomic E-state index is 0.553. The molecule has 118 valence electrons. The van der Waals surface area contributed by atoms with Gasteiger partial charge in [-0.2, -0.15) is 0 Å². The average molecular weight is 309 g/mol. The Bertz CT molecular complexity index is 794. The van der Waals surface area contributed by atoms with E-state index in [1.807, 2.05) is 48.5 Å². The van der Waals surface area contributed by atoms with Gasteiger partial charge < -0.3 is 15.7 Å². The number of carbonyl (C=O) groups is 1. The summed E-state index contributed by atoms with van der Waals surface area (Å²) in [6.07, 6.45) is 0. The number of hydrogen-bond acceptors (Lipinski definition) is 4. The van der Waals surface area contributed by atoms with Gasteiger partial charge in [0, 0.05) is 23.9 Å². The molecule has 1 atom stereocenters. The van der Waals surface area contributed by atoms with Crippen LogP contribution >= 0.6 is 0 Å². The first-order chi connectivity index (χ1) is 11.2. The lowest BCUT2D eigenvalue weighted by Gasteiger charge is -2.14. The van der Waals surface area contributed by atoms with Crippen LogP contribution in [0, 0.1) is 0 Å². The maximum Gasteiger partial charge on any atom is 0.320 e. The highest BCUT2D eigenvalue weighted by Gasteiger charge is 2.10. The first-order valence-corrected chi connectivity index (χ1v) is 7.64. The van der Waals surface area contributed by atoms with Crippen molar-refractivity contribution >= 4 is 33.5 Å². The van der Waals surface area contributed by atoms with Gasteiger partial charge in [-0.05, 0) is 19.1 Å². The van der Waals surface area contributed by atoms with Gasteiger partial charge in [-0.1, -0.05) is 36.4 Å². The molecular formula is C18H19N3O2. The second-order valence-corrected chi connectivity index (χ2v) is 5.46. The van der Waals surface area contributed by atoms with Crippen LogP contribution in [-0.2, 0) is 4.79 Å². The van der Waals surface area contributed by atoms with Gasteiger partial charge in [0.1, 0.15) is 6.04 Å². The van der Waals surface area contributed by atoms with Crippen molar-refractivity contribution in [2.45, 2.75) is 13.0 Å². The summed E-state index contributed by atoms with van der Waals surface area (Å²) in [5.74, 6) is -0.843. The largest absolute Gasteiger partial charge is 0.480 e. The lowest BCUT2D eigenvalue weighted by molar-refractivity contribution is -0.138. The summed E-state index contributed by atoms with van der Waals surface area (Å²) in [6.45, 7) is 2.84. The second-order valence-electron chi connectivity index (χ2n) is 5.46. The number of carboxylic acid groups (broad SMARTS) is 1. The summed E-state index contributed by atoms with van der Waals surface area (Å²) in [5.41, 5.74) is 2.93. The van der Waals surface area contributed by atoms with Crippen molar-refractivity contribution in [1.29, 1.82) is 0 Å². The Labute approximate surface area is 134 Å². The normalized spacial score (nSPS) is 12.4. The third-order valence-corrected chi connectivity index (χ3v) is 3.84. The van der Waals surface area contributed by atoms with Crippen molar-refractivity contribution in [3.63, 3.8) is 0 Å². The molecule has 3 rings (SSSR count). The van der Waals surface area contributed by atoms with Crippen molar-refractivity contribution in [3.8, 4) is 0 Å². The molecule has 0 aliphatic carbocycles. The van der Waals surface area contributed by atoms with Crippen LogP contribution in [0.4, 0.5) is 5.69 Å². The number of hydrogen-bond donors (Lipinski definition) is 3. The van der Waals surface area contributed by atoms with Crippen LogP contribution in [-0.4, -0.2) is 35.2 Å². The van der Waals surface area contributed by atoms with Crippen LogP contribution in [0.3, 0.4) is 0 Å². The number of carboxylic acids is 1. The predicted octanol–water partition coefficient (Wildman–Crippen LogP) is 2.86. The Hall–Kier alpha value is -2.66. The number of rotatable bonds is 6. The maximum atomic E-state index is 10.8. The quantitative estimate of drug-likeness (QED) is 0.482. The van der Waals surface area contributed by atoms with Crippen LogP contribution < -0.4 is 10.6 Å². The van der Waals surface area contributed by atoms with Crippen LogP contribution in [0.2, 0.25) is 0 Å². The van der Waals surface area contributed by atoms with Gasteiger partial charge in [0.2, 0.25) is 0 Å². The summed E-state index contributed by atoms with van der Waals surface area (Å²) in [5, 5.41) is 17.4. The summed E-state index contributed by atoms with van der Waals surface area (Å²) in [4.78, 5) is 15.5. The number of nitrogens with zero attached hydrogens (tertiary/aromatic N) is 1.